The van der Waals surface area contributed by atoms with Crippen molar-refractivity contribution < 1.29 is 4.92 Å². The Morgan fingerprint density at radius 2 is 2.23 bits per heavy atom. The summed E-state index contributed by atoms with van der Waals surface area (Å²) in [6, 6.07) is 2.56. The van der Waals surface area contributed by atoms with Gasteiger partial charge in [0.05, 0.1) is 11.0 Å². The van der Waals surface area contributed by atoms with E-state index in [0.717, 1.165) is 6.07 Å². The Morgan fingerprint density at radius 1 is 1.62 bits per heavy atom. The molecule has 1 aromatic rings. The fourth-order valence-electron chi connectivity index (χ4n) is 0.720. The smallest absolute Gasteiger partial charge is 0.258 e. The Labute approximate surface area is 82.7 Å². The molecule has 13 heavy (non-hydrogen) atoms. The molecule has 0 aromatic carbocycles. The largest absolute Gasteiger partial charge is 0.293 e. The summed E-state index contributed by atoms with van der Waals surface area (Å²) >= 11 is 10.9. The number of rotatable bonds is 1. The molecule has 0 spiro atoms. The molecule has 1 rings (SSSR count). The van der Waals surface area contributed by atoms with E-state index in [4.69, 9.17) is 28.5 Å². The highest BCUT2D eigenvalue weighted by molar-refractivity contribution is 6.33. The number of hydrogen-bond donors (Lipinski definition) is 0. The number of pyridine rings is 1. The SMILES string of the molecule is N#Cc1c([N+](=O)[O-])cc(Cl)nc1Cl. The van der Waals surface area contributed by atoms with Crippen LogP contribution in [0.3, 0.4) is 0 Å². The van der Waals surface area contributed by atoms with Gasteiger partial charge in [0.15, 0.2) is 10.7 Å². The molecule has 0 radical (unpaired) electrons. The molecule has 0 aliphatic rings. The van der Waals surface area contributed by atoms with Crippen molar-refractivity contribution in [1.29, 1.82) is 5.26 Å². The van der Waals surface area contributed by atoms with E-state index in [1.807, 2.05) is 0 Å². The van der Waals surface area contributed by atoms with E-state index in [1.165, 1.54) is 0 Å². The highest BCUT2D eigenvalue weighted by atomic mass is 35.5. The molecule has 0 N–H and O–H groups in total. The van der Waals surface area contributed by atoms with Crippen LogP contribution in [0.25, 0.3) is 0 Å². The van der Waals surface area contributed by atoms with Gasteiger partial charge in [-0.2, -0.15) is 5.26 Å². The molecular weight excluding hydrogens is 217 g/mol. The number of nitro groups is 1. The van der Waals surface area contributed by atoms with Crippen molar-refractivity contribution >= 4 is 28.9 Å². The third kappa shape index (κ3) is 1.86. The standard InChI is InChI=1S/C6HCl2N3O2/c7-5-1-4(11(12)13)3(2-9)6(8)10-5/h1H. The lowest BCUT2D eigenvalue weighted by Crippen LogP contribution is -1.95. The monoisotopic (exact) mass is 217 g/mol. The van der Waals surface area contributed by atoms with Crippen LogP contribution in [0.4, 0.5) is 5.69 Å². The Kier molecular flexibility index (Phi) is 2.66. The highest BCUT2D eigenvalue weighted by Gasteiger charge is 2.19. The van der Waals surface area contributed by atoms with Crippen molar-refractivity contribution in [1.82, 2.24) is 4.98 Å². The third-order valence-corrected chi connectivity index (χ3v) is 1.70. The first kappa shape index (κ1) is 9.71. The van der Waals surface area contributed by atoms with Crippen LogP contribution in [0.1, 0.15) is 5.56 Å². The van der Waals surface area contributed by atoms with Crippen LogP contribution in [0.5, 0.6) is 0 Å². The van der Waals surface area contributed by atoms with E-state index in [9.17, 15) is 10.1 Å². The molecule has 0 fully saturated rings. The van der Waals surface area contributed by atoms with E-state index < -0.39 is 10.6 Å². The van der Waals surface area contributed by atoms with E-state index in [1.54, 1.807) is 6.07 Å². The summed E-state index contributed by atoms with van der Waals surface area (Å²) in [5.41, 5.74) is -0.719. The molecule has 0 atom stereocenters. The summed E-state index contributed by atoms with van der Waals surface area (Å²) in [7, 11) is 0. The average Bonchev–Trinajstić information content (AvgIpc) is 2.02. The van der Waals surface area contributed by atoms with Gasteiger partial charge in [-0.15, -0.1) is 0 Å². The fraction of sp³-hybridized carbons (Fsp3) is 0. The second-order valence-electron chi connectivity index (χ2n) is 2.00. The minimum atomic E-state index is -0.738. The normalized spacial score (nSPS) is 9.31. The van der Waals surface area contributed by atoms with Crippen LogP contribution in [-0.2, 0) is 0 Å². The summed E-state index contributed by atoms with van der Waals surface area (Å²) in [5.74, 6) is 0. The summed E-state index contributed by atoms with van der Waals surface area (Å²) in [5, 5.41) is 18.5. The van der Waals surface area contributed by atoms with Crippen molar-refractivity contribution in [2.75, 3.05) is 0 Å². The topological polar surface area (TPSA) is 79.8 Å². The fourth-order valence-corrected chi connectivity index (χ4v) is 1.18. The molecule has 7 heteroatoms. The molecule has 1 heterocycles. The van der Waals surface area contributed by atoms with Crippen LogP contribution in [-0.4, -0.2) is 9.91 Å². The summed E-state index contributed by atoms with van der Waals surface area (Å²) in [4.78, 5) is 13.1. The molecule has 0 aliphatic carbocycles. The Bertz CT molecular complexity index is 413. The summed E-state index contributed by atoms with van der Waals surface area (Å²) < 4.78 is 0. The molecule has 0 bridgehead atoms. The van der Waals surface area contributed by atoms with Crippen LogP contribution in [0.2, 0.25) is 10.3 Å². The molecule has 0 amide bonds. The quantitative estimate of drug-likeness (QED) is 0.411. The molecule has 0 aliphatic heterocycles. The zero-order valence-corrected chi connectivity index (χ0v) is 7.50. The minimum absolute atomic E-state index is 0.115. The van der Waals surface area contributed by atoms with Crippen LogP contribution < -0.4 is 0 Å². The average molecular weight is 218 g/mol. The van der Waals surface area contributed by atoms with Gasteiger partial charge in [-0.3, -0.25) is 10.1 Å². The first-order chi connectivity index (χ1) is 6.06. The lowest BCUT2D eigenvalue weighted by molar-refractivity contribution is -0.385. The van der Waals surface area contributed by atoms with Gasteiger partial charge in [-0.25, -0.2) is 4.98 Å². The maximum atomic E-state index is 10.4. The summed E-state index contributed by atoms with van der Waals surface area (Å²) in [6.45, 7) is 0. The van der Waals surface area contributed by atoms with Gasteiger partial charge in [0.25, 0.3) is 5.69 Å². The lowest BCUT2D eigenvalue weighted by atomic mass is 10.2. The molecule has 0 saturated carbocycles. The van der Waals surface area contributed by atoms with Gasteiger partial charge in [-0.05, 0) is 0 Å². The van der Waals surface area contributed by atoms with Crippen molar-refractivity contribution in [2.24, 2.45) is 0 Å². The van der Waals surface area contributed by atoms with Crippen molar-refractivity contribution in [2.45, 2.75) is 0 Å². The third-order valence-electron chi connectivity index (χ3n) is 1.23. The molecule has 66 valence electrons. The van der Waals surface area contributed by atoms with Gasteiger partial charge >= 0.3 is 0 Å². The van der Waals surface area contributed by atoms with Gasteiger partial charge < -0.3 is 0 Å². The zero-order valence-electron chi connectivity index (χ0n) is 5.99. The molecule has 5 nitrogen and oxygen atoms in total. The van der Waals surface area contributed by atoms with Gasteiger partial charge in [-0.1, -0.05) is 23.2 Å². The highest BCUT2D eigenvalue weighted by Crippen LogP contribution is 2.26. The number of nitrogens with zero attached hydrogens (tertiary/aromatic N) is 3. The Morgan fingerprint density at radius 3 is 2.69 bits per heavy atom. The Hall–Kier alpha value is -1.38. The molecule has 0 unspecified atom stereocenters. The summed E-state index contributed by atoms with van der Waals surface area (Å²) in [6.07, 6.45) is 0. The molecule has 0 saturated heterocycles. The zero-order chi connectivity index (χ0) is 10.0. The first-order valence-corrected chi connectivity index (χ1v) is 3.72. The minimum Gasteiger partial charge on any atom is -0.258 e. The second kappa shape index (κ2) is 3.56. The van der Waals surface area contributed by atoms with E-state index in [2.05, 4.69) is 4.98 Å². The van der Waals surface area contributed by atoms with E-state index in [0.29, 0.717) is 0 Å². The van der Waals surface area contributed by atoms with Crippen molar-refractivity contribution in [3.8, 4) is 6.07 Å². The number of aromatic nitrogens is 1. The second-order valence-corrected chi connectivity index (χ2v) is 2.74. The predicted octanol–water partition coefficient (Wildman–Crippen LogP) is 2.17. The molecule has 1 aromatic heterocycles. The maximum Gasteiger partial charge on any atom is 0.293 e. The van der Waals surface area contributed by atoms with Crippen molar-refractivity contribution in [3.05, 3.63) is 32.1 Å². The van der Waals surface area contributed by atoms with Gasteiger partial charge in [0.1, 0.15) is 11.2 Å². The van der Waals surface area contributed by atoms with E-state index >= 15 is 0 Å². The Balaban J connectivity index is 3.50. The predicted molar refractivity (Wildman–Crippen MR) is 45.6 cm³/mol. The van der Waals surface area contributed by atoms with E-state index in [-0.39, 0.29) is 15.9 Å². The first-order valence-electron chi connectivity index (χ1n) is 2.96. The number of halogens is 2. The van der Waals surface area contributed by atoms with Crippen molar-refractivity contribution in [3.63, 3.8) is 0 Å². The maximum absolute atomic E-state index is 10.4. The van der Waals surface area contributed by atoms with Gasteiger partial charge in [0, 0.05) is 0 Å². The van der Waals surface area contributed by atoms with Crippen LogP contribution in [0.15, 0.2) is 6.07 Å². The van der Waals surface area contributed by atoms with Gasteiger partial charge in [0.2, 0.25) is 0 Å². The lowest BCUT2D eigenvalue weighted by Gasteiger charge is -1.96. The van der Waals surface area contributed by atoms with Crippen LogP contribution in [0, 0.1) is 21.4 Å². The number of hydrogen-bond acceptors (Lipinski definition) is 4. The molecular formula is C6HCl2N3O2. The van der Waals surface area contributed by atoms with Crippen LogP contribution >= 0.6 is 23.2 Å². The number of nitriles is 1.